The first kappa shape index (κ1) is 21.8. The van der Waals surface area contributed by atoms with Gasteiger partial charge in [-0.15, -0.1) is 0 Å². The van der Waals surface area contributed by atoms with Crippen LogP contribution in [-0.4, -0.2) is 43.4 Å². The van der Waals surface area contributed by atoms with Crippen LogP contribution in [0.15, 0.2) is 36.7 Å². The summed E-state index contributed by atoms with van der Waals surface area (Å²) in [5, 5.41) is 4.36. The topological polar surface area (TPSA) is 56.0 Å². The highest BCUT2D eigenvalue weighted by Gasteiger charge is 2.30. The van der Waals surface area contributed by atoms with Gasteiger partial charge in [0, 0.05) is 19.4 Å². The van der Waals surface area contributed by atoms with Gasteiger partial charge in [-0.25, -0.2) is 14.1 Å². The van der Waals surface area contributed by atoms with E-state index in [9.17, 15) is 22.4 Å². The standard InChI is InChI=1S/C19H18ClF4N5O/c1-12-16(17(20)29(26-12)9-13-3-5-14(21)6-4-13)18(30)27(2)10-15-25-7-8-28(15)11-19(22,23)24/h3-8H,9-11H2,1-2H3. The number of halogens is 5. The molecular weight excluding hydrogens is 426 g/mol. The molecule has 0 unspecified atom stereocenters. The Morgan fingerprint density at radius 1 is 1.23 bits per heavy atom. The van der Waals surface area contributed by atoms with Gasteiger partial charge >= 0.3 is 6.18 Å². The summed E-state index contributed by atoms with van der Waals surface area (Å²) in [5.74, 6) is -0.775. The molecule has 0 bridgehead atoms. The van der Waals surface area contributed by atoms with E-state index >= 15 is 0 Å². The summed E-state index contributed by atoms with van der Waals surface area (Å²) in [4.78, 5) is 18.0. The molecule has 0 atom stereocenters. The summed E-state index contributed by atoms with van der Waals surface area (Å²) in [6, 6.07) is 5.78. The van der Waals surface area contributed by atoms with Crippen LogP contribution in [0.3, 0.4) is 0 Å². The average molecular weight is 444 g/mol. The van der Waals surface area contributed by atoms with Gasteiger partial charge in [-0.1, -0.05) is 23.7 Å². The van der Waals surface area contributed by atoms with E-state index in [-0.39, 0.29) is 35.4 Å². The summed E-state index contributed by atoms with van der Waals surface area (Å²) < 4.78 is 53.5. The molecule has 3 aromatic rings. The van der Waals surface area contributed by atoms with Gasteiger partial charge in [-0.3, -0.25) is 4.79 Å². The van der Waals surface area contributed by atoms with Crippen LogP contribution < -0.4 is 0 Å². The Morgan fingerprint density at radius 2 is 1.90 bits per heavy atom. The molecule has 0 radical (unpaired) electrons. The van der Waals surface area contributed by atoms with Gasteiger partial charge < -0.3 is 9.47 Å². The molecule has 1 aromatic carbocycles. The molecule has 0 spiro atoms. The largest absolute Gasteiger partial charge is 0.406 e. The van der Waals surface area contributed by atoms with E-state index < -0.39 is 18.6 Å². The van der Waals surface area contributed by atoms with Gasteiger partial charge in [0.1, 0.15) is 23.3 Å². The average Bonchev–Trinajstić information content (AvgIpc) is 3.18. The molecule has 11 heteroatoms. The maximum absolute atomic E-state index is 13.1. The third-order valence-electron chi connectivity index (χ3n) is 4.40. The third-order valence-corrected chi connectivity index (χ3v) is 4.79. The van der Waals surface area contributed by atoms with Crippen LogP contribution in [-0.2, 0) is 19.6 Å². The molecule has 3 rings (SSSR count). The molecule has 0 N–H and O–H groups in total. The van der Waals surface area contributed by atoms with Crippen molar-refractivity contribution in [1.29, 1.82) is 0 Å². The van der Waals surface area contributed by atoms with Crippen LogP contribution in [0.5, 0.6) is 0 Å². The number of nitrogens with zero attached hydrogens (tertiary/aromatic N) is 5. The van der Waals surface area contributed by atoms with E-state index in [0.29, 0.717) is 5.69 Å². The lowest BCUT2D eigenvalue weighted by Crippen LogP contribution is -2.29. The van der Waals surface area contributed by atoms with E-state index in [0.717, 1.165) is 10.1 Å². The first-order chi connectivity index (χ1) is 14.0. The molecule has 0 aliphatic rings. The SMILES string of the molecule is Cc1nn(Cc2ccc(F)cc2)c(Cl)c1C(=O)N(C)Cc1nccn1CC(F)(F)F. The van der Waals surface area contributed by atoms with Crippen molar-refractivity contribution in [3.05, 3.63) is 70.3 Å². The van der Waals surface area contributed by atoms with Crippen molar-refractivity contribution in [2.45, 2.75) is 32.7 Å². The lowest BCUT2D eigenvalue weighted by Gasteiger charge is -2.18. The quantitative estimate of drug-likeness (QED) is 0.540. The van der Waals surface area contributed by atoms with Gasteiger partial charge in [0.2, 0.25) is 0 Å². The number of hydrogen-bond donors (Lipinski definition) is 0. The van der Waals surface area contributed by atoms with E-state index in [4.69, 9.17) is 11.6 Å². The highest BCUT2D eigenvalue weighted by molar-refractivity contribution is 6.33. The number of aromatic nitrogens is 4. The van der Waals surface area contributed by atoms with Crippen LogP contribution in [0, 0.1) is 12.7 Å². The zero-order valence-electron chi connectivity index (χ0n) is 16.1. The van der Waals surface area contributed by atoms with E-state index in [1.54, 1.807) is 19.1 Å². The highest BCUT2D eigenvalue weighted by Crippen LogP contribution is 2.24. The highest BCUT2D eigenvalue weighted by atomic mass is 35.5. The molecule has 6 nitrogen and oxygen atoms in total. The van der Waals surface area contributed by atoms with Crippen LogP contribution in [0.25, 0.3) is 0 Å². The summed E-state index contributed by atoms with van der Waals surface area (Å²) >= 11 is 6.36. The molecule has 0 saturated carbocycles. The fourth-order valence-electron chi connectivity index (χ4n) is 2.97. The van der Waals surface area contributed by atoms with Crippen molar-refractivity contribution in [3.8, 4) is 0 Å². The van der Waals surface area contributed by atoms with Crippen molar-refractivity contribution in [2.24, 2.45) is 0 Å². The lowest BCUT2D eigenvalue weighted by molar-refractivity contribution is -0.141. The molecule has 160 valence electrons. The van der Waals surface area contributed by atoms with Crippen molar-refractivity contribution in [2.75, 3.05) is 7.05 Å². The van der Waals surface area contributed by atoms with Crippen molar-refractivity contribution in [3.63, 3.8) is 0 Å². The fraction of sp³-hybridized carbons (Fsp3) is 0.316. The molecule has 1 amide bonds. The second-order valence-corrected chi connectivity index (χ2v) is 7.14. The maximum Gasteiger partial charge on any atom is 0.406 e. The Kier molecular flexibility index (Phi) is 6.16. The maximum atomic E-state index is 13.1. The molecular formula is C19H18ClF4N5O. The number of imidazole rings is 1. The van der Waals surface area contributed by atoms with E-state index in [1.165, 1.54) is 41.2 Å². The Balaban J connectivity index is 1.77. The van der Waals surface area contributed by atoms with Crippen molar-refractivity contribution < 1.29 is 22.4 Å². The zero-order valence-corrected chi connectivity index (χ0v) is 16.9. The number of rotatable bonds is 6. The van der Waals surface area contributed by atoms with E-state index in [2.05, 4.69) is 10.1 Å². The van der Waals surface area contributed by atoms with Crippen LogP contribution >= 0.6 is 11.6 Å². The zero-order chi connectivity index (χ0) is 22.1. The van der Waals surface area contributed by atoms with Gasteiger partial charge in [0.15, 0.2) is 0 Å². The summed E-state index contributed by atoms with van der Waals surface area (Å²) in [6.07, 6.45) is -1.95. The normalized spacial score (nSPS) is 11.7. The molecule has 0 aliphatic carbocycles. The summed E-state index contributed by atoms with van der Waals surface area (Å²) in [5.41, 5.74) is 1.26. The molecule has 0 aliphatic heterocycles. The Morgan fingerprint density at radius 3 is 2.53 bits per heavy atom. The second-order valence-electron chi connectivity index (χ2n) is 6.78. The third kappa shape index (κ3) is 4.99. The Labute approximate surface area is 174 Å². The van der Waals surface area contributed by atoms with Gasteiger partial charge in [0.05, 0.1) is 24.3 Å². The number of hydrogen-bond acceptors (Lipinski definition) is 3. The monoisotopic (exact) mass is 443 g/mol. The number of amides is 1. The Bertz CT molecular complexity index is 1040. The predicted molar refractivity (Wildman–Crippen MR) is 102 cm³/mol. The minimum absolute atomic E-state index is 0.0901. The lowest BCUT2D eigenvalue weighted by atomic mass is 10.2. The number of alkyl halides is 3. The summed E-state index contributed by atoms with van der Waals surface area (Å²) in [6.45, 7) is 0.506. The first-order valence-electron chi connectivity index (χ1n) is 8.84. The summed E-state index contributed by atoms with van der Waals surface area (Å²) in [7, 11) is 1.45. The smallest absolute Gasteiger partial charge is 0.334 e. The molecule has 0 saturated heterocycles. The number of carbonyl (C=O) groups is 1. The van der Waals surface area contributed by atoms with Crippen LogP contribution in [0.2, 0.25) is 5.15 Å². The van der Waals surface area contributed by atoms with Crippen molar-refractivity contribution in [1.82, 2.24) is 24.2 Å². The minimum atomic E-state index is -4.40. The molecule has 2 heterocycles. The molecule has 30 heavy (non-hydrogen) atoms. The van der Waals surface area contributed by atoms with Crippen LogP contribution in [0.4, 0.5) is 17.6 Å². The number of carbonyl (C=O) groups excluding carboxylic acids is 1. The van der Waals surface area contributed by atoms with Gasteiger partial charge in [0.25, 0.3) is 5.91 Å². The molecule has 0 fully saturated rings. The number of aryl methyl sites for hydroxylation is 1. The van der Waals surface area contributed by atoms with Crippen LogP contribution in [0.1, 0.15) is 27.4 Å². The Hall–Kier alpha value is -2.88. The fourth-order valence-corrected chi connectivity index (χ4v) is 3.28. The first-order valence-corrected chi connectivity index (χ1v) is 9.22. The minimum Gasteiger partial charge on any atom is -0.334 e. The van der Waals surface area contributed by atoms with E-state index in [1.807, 2.05) is 0 Å². The molecule has 2 aromatic heterocycles. The van der Waals surface area contributed by atoms with Gasteiger partial charge in [-0.05, 0) is 24.6 Å². The second kappa shape index (κ2) is 8.47. The number of benzene rings is 1. The predicted octanol–water partition coefficient (Wildman–Crippen LogP) is 4.06. The van der Waals surface area contributed by atoms with Gasteiger partial charge in [-0.2, -0.15) is 18.3 Å². The van der Waals surface area contributed by atoms with Crippen molar-refractivity contribution >= 4 is 17.5 Å².